The molecule has 8 heteroatoms. The first-order valence-electron chi connectivity index (χ1n) is 7.12. The van der Waals surface area contributed by atoms with Gasteiger partial charge in [0.25, 0.3) is 0 Å². The van der Waals surface area contributed by atoms with Gasteiger partial charge in [-0.3, -0.25) is 9.47 Å². The van der Waals surface area contributed by atoms with E-state index in [0.29, 0.717) is 10.2 Å². The lowest BCUT2D eigenvalue weighted by Gasteiger charge is -2.12. The maximum atomic E-state index is 14.3. The average Bonchev–Trinajstić information content (AvgIpc) is 2.59. The molecule has 3 N–H and O–H groups in total. The molecule has 0 spiro atoms. The molecule has 0 saturated heterocycles. The molecule has 0 saturated carbocycles. The summed E-state index contributed by atoms with van der Waals surface area (Å²) >= 11 is 0. The molecule has 0 amide bonds. The number of nitrogen functional groups attached to an aromatic ring is 1. The van der Waals surface area contributed by atoms with Crippen molar-refractivity contribution in [2.75, 3.05) is 5.84 Å². The van der Waals surface area contributed by atoms with Crippen molar-refractivity contribution in [3.05, 3.63) is 75.6 Å². The highest BCUT2D eigenvalue weighted by molar-refractivity contribution is 5.93. The molecule has 0 fully saturated rings. The second-order valence-corrected chi connectivity index (χ2v) is 5.26. The number of aromatic carboxylic acids is 1. The first kappa shape index (κ1) is 16.4. The lowest BCUT2D eigenvalue weighted by Crippen LogP contribution is -2.23. The van der Waals surface area contributed by atoms with Gasteiger partial charge in [-0.25, -0.2) is 9.18 Å². The number of halogens is 2. The van der Waals surface area contributed by atoms with Crippen LogP contribution in [0.1, 0.15) is 15.9 Å². The smallest absolute Gasteiger partial charge is 0.341 e. The van der Waals surface area contributed by atoms with Gasteiger partial charge in [-0.1, -0.05) is 30.3 Å². The molecule has 0 radical (unpaired) electrons. The van der Waals surface area contributed by atoms with Crippen LogP contribution in [0.4, 0.5) is 8.78 Å². The number of nitrogens with zero attached hydrogens (tertiary/aromatic N) is 1. The number of benzene rings is 2. The van der Waals surface area contributed by atoms with E-state index >= 15 is 0 Å². The van der Waals surface area contributed by atoms with Crippen LogP contribution in [0.2, 0.25) is 0 Å². The van der Waals surface area contributed by atoms with E-state index in [1.807, 2.05) is 0 Å². The van der Waals surface area contributed by atoms with Crippen LogP contribution in [0.15, 0.2) is 47.4 Å². The van der Waals surface area contributed by atoms with Crippen LogP contribution in [0.5, 0.6) is 5.75 Å². The van der Waals surface area contributed by atoms with Crippen molar-refractivity contribution in [1.82, 2.24) is 4.68 Å². The van der Waals surface area contributed by atoms with Crippen molar-refractivity contribution in [2.45, 2.75) is 6.61 Å². The van der Waals surface area contributed by atoms with Crippen LogP contribution < -0.4 is 16.0 Å². The van der Waals surface area contributed by atoms with Crippen LogP contribution in [-0.2, 0) is 6.61 Å². The highest BCUT2D eigenvalue weighted by atomic mass is 19.2. The largest absolute Gasteiger partial charge is 0.486 e. The molecule has 3 rings (SSSR count). The molecule has 128 valence electrons. The Labute approximate surface area is 139 Å². The number of fused-ring (bicyclic) bond motifs is 1. The minimum Gasteiger partial charge on any atom is -0.486 e. The number of pyridine rings is 1. The number of nitrogens with two attached hydrogens (primary N) is 1. The van der Waals surface area contributed by atoms with Crippen molar-refractivity contribution in [2.24, 2.45) is 0 Å². The fraction of sp³-hybridized carbons (Fsp3) is 0.0588. The predicted molar refractivity (Wildman–Crippen MR) is 86.0 cm³/mol. The van der Waals surface area contributed by atoms with Crippen LogP contribution >= 0.6 is 0 Å². The Hall–Kier alpha value is -3.42. The third kappa shape index (κ3) is 2.89. The number of carboxylic acid groups (broad SMARTS) is 1. The summed E-state index contributed by atoms with van der Waals surface area (Å²) in [5, 5.41) is 8.64. The van der Waals surface area contributed by atoms with Crippen LogP contribution in [-0.4, -0.2) is 15.8 Å². The Morgan fingerprint density at radius 3 is 2.52 bits per heavy atom. The van der Waals surface area contributed by atoms with Gasteiger partial charge >= 0.3 is 5.97 Å². The van der Waals surface area contributed by atoms with E-state index < -0.39 is 39.9 Å². The lowest BCUT2D eigenvalue weighted by atomic mass is 10.1. The Balaban J connectivity index is 2.14. The van der Waals surface area contributed by atoms with Crippen molar-refractivity contribution in [3.8, 4) is 5.75 Å². The summed E-state index contributed by atoms with van der Waals surface area (Å²) in [7, 11) is 0. The highest BCUT2D eigenvalue weighted by Gasteiger charge is 2.22. The van der Waals surface area contributed by atoms with E-state index in [2.05, 4.69) is 0 Å². The number of carboxylic acids is 1. The van der Waals surface area contributed by atoms with Gasteiger partial charge < -0.3 is 15.7 Å². The zero-order valence-electron chi connectivity index (χ0n) is 12.7. The molecule has 0 bridgehead atoms. The monoisotopic (exact) mass is 346 g/mol. The third-order valence-corrected chi connectivity index (χ3v) is 3.63. The molecule has 1 heterocycles. The van der Waals surface area contributed by atoms with Gasteiger partial charge in [0.1, 0.15) is 17.7 Å². The average molecular weight is 346 g/mol. The zero-order chi connectivity index (χ0) is 18.1. The standard InChI is InChI=1S/C17H12F2N2O4/c18-13-12(25-8-9-4-2-1-3-5-9)6-10-15(14(13)19)21(20)7-11(16(10)22)17(23)24/h1-7H,8,20H2,(H,23,24). The summed E-state index contributed by atoms with van der Waals surface area (Å²) in [6, 6.07) is 9.70. The Bertz CT molecular complexity index is 1030. The summed E-state index contributed by atoms with van der Waals surface area (Å²) < 4.78 is 34.4. The van der Waals surface area contributed by atoms with E-state index in [0.717, 1.165) is 12.3 Å². The molecular formula is C17H12F2N2O4. The second kappa shape index (κ2) is 6.23. The third-order valence-electron chi connectivity index (χ3n) is 3.63. The van der Waals surface area contributed by atoms with Gasteiger partial charge in [-0.05, 0) is 11.6 Å². The van der Waals surface area contributed by atoms with Gasteiger partial charge in [0.2, 0.25) is 11.2 Å². The number of hydrogen-bond acceptors (Lipinski definition) is 4. The topological polar surface area (TPSA) is 94.5 Å². The Kier molecular flexibility index (Phi) is 4.10. The Morgan fingerprint density at radius 2 is 1.88 bits per heavy atom. The normalized spacial score (nSPS) is 10.8. The number of hydrogen-bond donors (Lipinski definition) is 2. The Morgan fingerprint density at radius 1 is 1.20 bits per heavy atom. The number of carbonyl (C=O) groups is 1. The molecule has 2 aromatic carbocycles. The fourth-order valence-corrected chi connectivity index (χ4v) is 2.42. The molecule has 0 aliphatic rings. The van der Waals surface area contributed by atoms with E-state index in [4.69, 9.17) is 15.7 Å². The van der Waals surface area contributed by atoms with E-state index in [1.165, 1.54) is 0 Å². The summed E-state index contributed by atoms with van der Waals surface area (Å²) in [5.74, 6) is 0.778. The predicted octanol–water partition coefficient (Wildman–Crippen LogP) is 2.27. The summed E-state index contributed by atoms with van der Waals surface area (Å²) in [6.07, 6.45) is 0.736. The first-order chi connectivity index (χ1) is 11.9. The summed E-state index contributed by atoms with van der Waals surface area (Å²) in [5.41, 5.74) is -1.47. The highest BCUT2D eigenvalue weighted by Crippen LogP contribution is 2.27. The summed E-state index contributed by atoms with van der Waals surface area (Å²) in [4.78, 5) is 23.3. The van der Waals surface area contributed by atoms with Gasteiger partial charge in [0.05, 0.1) is 5.39 Å². The molecule has 1 aromatic heterocycles. The zero-order valence-corrected chi connectivity index (χ0v) is 12.7. The van der Waals surface area contributed by atoms with E-state index in [9.17, 15) is 18.4 Å². The molecule has 0 aliphatic carbocycles. The van der Waals surface area contributed by atoms with Gasteiger partial charge in [-0.2, -0.15) is 4.39 Å². The van der Waals surface area contributed by atoms with Crippen molar-refractivity contribution in [3.63, 3.8) is 0 Å². The molecule has 0 atom stereocenters. The molecule has 0 aliphatic heterocycles. The summed E-state index contributed by atoms with van der Waals surface area (Å²) in [6.45, 7) is -0.0574. The minimum absolute atomic E-state index is 0.0574. The minimum atomic E-state index is -1.53. The van der Waals surface area contributed by atoms with Crippen molar-refractivity contribution >= 4 is 16.9 Å². The van der Waals surface area contributed by atoms with E-state index in [1.54, 1.807) is 30.3 Å². The fourth-order valence-electron chi connectivity index (χ4n) is 2.42. The van der Waals surface area contributed by atoms with Gasteiger partial charge in [0.15, 0.2) is 11.6 Å². The van der Waals surface area contributed by atoms with Crippen LogP contribution in [0.25, 0.3) is 10.9 Å². The number of rotatable bonds is 4. The van der Waals surface area contributed by atoms with Crippen molar-refractivity contribution < 1.29 is 23.4 Å². The van der Waals surface area contributed by atoms with E-state index in [-0.39, 0.29) is 12.0 Å². The first-order valence-corrected chi connectivity index (χ1v) is 7.12. The molecule has 25 heavy (non-hydrogen) atoms. The van der Waals surface area contributed by atoms with Gasteiger partial charge in [-0.15, -0.1) is 0 Å². The van der Waals surface area contributed by atoms with Crippen LogP contribution in [0, 0.1) is 11.6 Å². The number of ether oxygens (including phenoxy) is 1. The maximum absolute atomic E-state index is 14.3. The molecule has 0 unspecified atom stereocenters. The second-order valence-electron chi connectivity index (χ2n) is 5.26. The maximum Gasteiger partial charge on any atom is 0.341 e. The number of aromatic nitrogens is 1. The quantitative estimate of drug-likeness (QED) is 0.707. The lowest BCUT2D eigenvalue weighted by molar-refractivity contribution is 0.0695. The molecular weight excluding hydrogens is 334 g/mol. The van der Waals surface area contributed by atoms with Gasteiger partial charge in [0, 0.05) is 6.20 Å². The molecule has 3 aromatic rings. The van der Waals surface area contributed by atoms with Crippen LogP contribution in [0.3, 0.4) is 0 Å². The van der Waals surface area contributed by atoms with Crippen molar-refractivity contribution in [1.29, 1.82) is 0 Å². The SMILES string of the molecule is Nn1cc(C(=O)O)c(=O)c2cc(OCc3ccccc3)c(F)c(F)c21. The molecule has 6 nitrogen and oxygen atoms in total.